The van der Waals surface area contributed by atoms with Crippen LogP contribution in [0.2, 0.25) is 0 Å². The minimum absolute atomic E-state index is 0.115. The molecule has 33 heavy (non-hydrogen) atoms. The number of hydrogen-bond donors (Lipinski definition) is 0. The number of alkyl halides is 3. The van der Waals surface area contributed by atoms with Gasteiger partial charge in [-0.3, -0.25) is 9.59 Å². The molecule has 4 rings (SSSR count). The first-order valence-corrected chi connectivity index (χ1v) is 10.6. The minimum Gasteiger partial charge on any atom is -0.305 e. The molecule has 2 amide bonds. The van der Waals surface area contributed by atoms with Gasteiger partial charge < -0.3 is 9.80 Å². The number of halogens is 3. The summed E-state index contributed by atoms with van der Waals surface area (Å²) in [7, 11) is 0. The molecule has 1 aliphatic heterocycles. The second-order valence-electron chi connectivity index (χ2n) is 8.13. The second kappa shape index (κ2) is 8.73. The zero-order valence-electron chi connectivity index (χ0n) is 18.2. The first kappa shape index (κ1) is 22.6. The monoisotopic (exact) mass is 452 g/mol. The van der Waals surface area contributed by atoms with Gasteiger partial charge in [0.2, 0.25) is 5.91 Å². The molecule has 3 aromatic carbocycles. The van der Waals surface area contributed by atoms with Crippen molar-refractivity contribution in [3.05, 3.63) is 95.6 Å². The van der Waals surface area contributed by atoms with Crippen LogP contribution in [0, 0.1) is 0 Å². The Morgan fingerprint density at radius 1 is 0.909 bits per heavy atom. The Bertz CT molecular complexity index is 1160. The summed E-state index contributed by atoms with van der Waals surface area (Å²) in [5.41, 5.74) is 1.60. The Hall–Kier alpha value is -3.61. The van der Waals surface area contributed by atoms with Crippen LogP contribution in [0.3, 0.4) is 0 Å². The van der Waals surface area contributed by atoms with Gasteiger partial charge in [-0.2, -0.15) is 13.2 Å². The minimum atomic E-state index is -4.46. The van der Waals surface area contributed by atoms with E-state index < -0.39 is 11.7 Å². The summed E-state index contributed by atoms with van der Waals surface area (Å²) in [6, 6.07) is 20.4. The number of benzene rings is 3. The fourth-order valence-corrected chi connectivity index (χ4v) is 4.45. The molecule has 0 bridgehead atoms. The van der Waals surface area contributed by atoms with Crippen LogP contribution in [0.5, 0.6) is 0 Å². The van der Waals surface area contributed by atoms with Gasteiger partial charge in [0.25, 0.3) is 5.91 Å². The molecule has 0 fully saturated rings. The van der Waals surface area contributed by atoms with E-state index in [0.29, 0.717) is 12.1 Å². The zero-order chi connectivity index (χ0) is 23.8. The van der Waals surface area contributed by atoms with E-state index in [9.17, 15) is 22.8 Å². The summed E-state index contributed by atoms with van der Waals surface area (Å²) in [4.78, 5) is 29.4. The van der Waals surface area contributed by atoms with Crippen LogP contribution in [0.1, 0.15) is 47.8 Å². The van der Waals surface area contributed by atoms with Gasteiger partial charge in [0.1, 0.15) is 0 Å². The summed E-state index contributed by atoms with van der Waals surface area (Å²) in [5.74, 6) is -0.494. The van der Waals surface area contributed by atoms with Crippen LogP contribution in [-0.2, 0) is 11.0 Å². The molecule has 0 saturated carbocycles. The number of fused-ring (bicyclic) bond motifs is 1. The summed E-state index contributed by atoms with van der Waals surface area (Å²) in [6.45, 7) is 3.40. The number of nitrogens with zero attached hydrogens (tertiary/aromatic N) is 2. The van der Waals surface area contributed by atoms with Crippen LogP contribution in [0.4, 0.5) is 24.5 Å². The van der Waals surface area contributed by atoms with Gasteiger partial charge in [0.05, 0.1) is 11.6 Å². The molecular formula is C26H23F3N2O2. The predicted octanol–water partition coefficient (Wildman–Crippen LogP) is 6.24. The van der Waals surface area contributed by atoms with E-state index in [-0.39, 0.29) is 29.5 Å². The molecule has 0 spiro atoms. The Morgan fingerprint density at radius 3 is 2.12 bits per heavy atom. The highest BCUT2D eigenvalue weighted by Gasteiger charge is 2.38. The van der Waals surface area contributed by atoms with Gasteiger partial charge in [-0.1, -0.05) is 36.4 Å². The highest BCUT2D eigenvalue weighted by atomic mass is 19.4. The quantitative estimate of drug-likeness (QED) is 0.472. The molecule has 2 atom stereocenters. The van der Waals surface area contributed by atoms with E-state index in [0.717, 1.165) is 23.4 Å². The summed E-state index contributed by atoms with van der Waals surface area (Å²) in [6.07, 6.45) is -3.98. The van der Waals surface area contributed by atoms with E-state index in [4.69, 9.17) is 0 Å². The molecule has 0 aromatic heterocycles. The summed E-state index contributed by atoms with van der Waals surface area (Å²) >= 11 is 0. The van der Waals surface area contributed by atoms with Gasteiger partial charge in [0, 0.05) is 29.9 Å². The van der Waals surface area contributed by atoms with Crippen molar-refractivity contribution in [3.63, 3.8) is 0 Å². The van der Waals surface area contributed by atoms with Crippen molar-refractivity contribution in [3.8, 4) is 0 Å². The molecular weight excluding hydrogens is 429 g/mol. The summed E-state index contributed by atoms with van der Waals surface area (Å²) < 4.78 is 38.8. The molecule has 3 aromatic rings. The van der Waals surface area contributed by atoms with Gasteiger partial charge in [-0.05, 0) is 61.4 Å². The number of amides is 2. The van der Waals surface area contributed by atoms with Crippen LogP contribution < -0.4 is 9.80 Å². The lowest BCUT2D eigenvalue weighted by atomic mass is 9.89. The van der Waals surface area contributed by atoms with E-state index in [1.54, 1.807) is 9.80 Å². The third kappa shape index (κ3) is 4.35. The Labute approximate surface area is 190 Å². The maximum atomic E-state index is 13.4. The molecule has 1 heterocycles. The maximum absolute atomic E-state index is 13.4. The molecule has 1 aliphatic rings. The number of hydrogen-bond acceptors (Lipinski definition) is 2. The normalized spacial score (nSPS) is 17.9. The molecule has 0 unspecified atom stereocenters. The Balaban J connectivity index is 1.73. The lowest BCUT2D eigenvalue weighted by Crippen LogP contribution is -2.47. The molecule has 0 N–H and O–H groups in total. The van der Waals surface area contributed by atoms with E-state index in [1.165, 1.54) is 19.1 Å². The fourth-order valence-electron chi connectivity index (χ4n) is 4.45. The summed E-state index contributed by atoms with van der Waals surface area (Å²) in [5, 5.41) is 0. The van der Waals surface area contributed by atoms with Crippen molar-refractivity contribution in [2.75, 3.05) is 9.80 Å². The Kier molecular flexibility index (Phi) is 5.97. The first-order chi connectivity index (χ1) is 15.7. The number of carbonyl (C=O) groups is 2. The smallest absolute Gasteiger partial charge is 0.305 e. The van der Waals surface area contributed by atoms with Crippen molar-refractivity contribution < 1.29 is 22.8 Å². The fraction of sp³-hybridized carbons (Fsp3) is 0.231. The van der Waals surface area contributed by atoms with Crippen LogP contribution in [0.15, 0.2) is 78.9 Å². The van der Waals surface area contributed by atoms with Crippen LogP contribution in [-0.4, -0.2) is 17.9 Å². The molecule has 170 valence electrons. The lowest BCUT2D eigenvalue weighted by Gasteiger charge is -2.43. The lowest BCUT2D eigenvalue weighted by molar-refractivity contribution is -0.137. The Morgan fingerprint density at radius 2 is 1.52 bits per heavy atom. The second-order valence-corrected chi connectivity index (χ2v) is 8.13. The SMILES string of the molecule is CC(=O)N(c1ccccc1)[C@H]1C[C@@H](C)N(C(=O)c2ccc(C(F)(F)F)cc2)c2ccccc21. The predicted molar refractivity (Wildman–Crippen MR) is 121 cm³/mol. The number of anilines is 2. The third-order valence-corrected chi connectivity index (χ3v) is 5.92. The first-order valence-electron chi connectivity index (χ1n) is 10.6. The molecule has 0 saturated heterocycles. The third-order valence-electron chi connectivity index (χ3n) is 5.92. The van der Waals surface area contributed by atoms with Gasteiger partial charge in [-0.15, -0.1) is 0 Å². The number of rotatable bonds is 3. The van der Waals surface area contributed by atoms with Gasteiger partial charge >= 0.3 is 6.18 Å². The van der Waals surface area contributed by atoms with E-state index >= 15 is 0 Å². The van der Waals surface area contributed by atoms with E-state index in [2.05, 4.69) is 0 Å². The topological polar surface area (TPSA) is 40.6 Å². The zero-order valence-corrected chi connectivity index (χ0v) is 18.2. The van der Waals surface area contributed by atoms with Gasteiger partial charge in [0.15, 0.2) is 0 Å². The average Bonchev–Trinajstić information content (AvgIpc) is 2.79. The van der Waals surface area contributed by atoms with Crippen molar-refractivity contribution in [1.29, 1.82) is 0 Å². The molecule has 4 nitrogen and oxygen atoms in total. The highest BCUT2D eigenvalue weighted by Crippen LogP contribution is 2.42. The number of para-hydroxylation sites is 2. The van der Waals surface area contributed by atoms with Crippen molar-refractivity contribution in [2.24, 2.45) is 0 Å². The maximum Gasteiger partial charge on any atom is 0.416 e. The van der Waals surface area contributed by atoms with Crippen molar-refractivity contribution in [2.45, 2.75) is 38.5 Å². The van der Waals surface area contributed by atoms with Crippen LogP contribution in [0.25, 0.3) is 0 Å². The average molecular weight is 452 g/mol. The van der Waals surface area contributed by atoms with Gasteiger partial charge in [-0.25, -0.2) is 0 Å². The highest BCUT2D eigenvalue weighted by molar-refractivity contribution is 6.07. The van der Waals surface area contributed by atoms with Crippen molar-refractivity contribution in [1.82, 2.24) is 0 Å². The van der Waals surface area contributed by atoms with Crippen molar-refractivity contribution >= 4 is 23.2 Å². The van der Waals surface area contributed by atoms with Crippen LogP contribution >= 0.6 is 0 Å². The molecule has 0 radical (unpaired) electrons. The molecule has 7 heteroatoms. The number of carbonyl (C=O) groups excluding carboxylic acids is 2. The largest absolute Gasteiger partial charge is 0.416 e. The van der Waals surface area contributed by atoms with E-state index in [1.807, 2.05) is 61.5 Å². The molecule has 0 aliphatic carbocycles. The standard InChI is InChI=1S/C26H23F3N2O2/c1-17-16-24(31(18(2)32)21-8-4-3-5-9-21)22-10-6-7-11-23(22)30(17)25(33)19-12-14-20(15-13-19)26(27,28)29/h3-15,17,24H,16H2,1-2H3/t17-,24+/m1/s1.